The molecular formula is C51H35N3. The van der Waals surface area contributed by atoms with Gasteiger partial charge in [0.1, 0.15) is 0 Å². The molecule has 0 N–H and O–H groups in total. The van der Waals surface area contributed by atoms with E-state index in [0.29, 0.717) is 5.69 Å². The van der Waals surface area contributed by atoms with Gasteiger partial charge in [0.05, 0.1) is 17.6 Å². The van der Waals surface area contributed by atoms with E-state index in [9.17, 15) is 0 Å². The molecule has 0 aliphatic carbocycles. The largest absolute Gasteiger partial charge is 0.363 e. The highest BCUT2D eigenvalue weighted by Crippen LogP contribution is 2.42. The first-order valence-electron chi connectivity index (χ1n) is 18.4. The van der Waals surface area contributed by atoms with Crippen molar-refractivity contribution in [1.29, 1.82) is 0 Å². The van der Waals surface area contributed by atoms with Gasteiger partial charge in [0.15, 0.2) is 5.69 Å². The van der Waals surface area contributed by atoms with Crippen molar-refractivity contribution >= 4 is 33.2 Å². The summed E-state index contributed by atoms with van der Waals surface area (Å²) in [4.78, 5) is 6.24. The SMILES string of the molecule is [C-]#[N+]c1ccc2c(c1)c1ccccc1n2-c1ccc2c(c1)-c1cc(-c3cc(-c4ccccc4)cc(-c4ccccc4)c3)ccc1CN(c1ccccc1)C2. The Morgan fingerprint density at radius 1 is 0.389 bits per heavy atom. The summed E-state index contributed by atoms with van der Waals surface area (Å²) in [5, 5.41) is 2.25. The molecule has 2 heterocycles. The summed E-state index contributed by atoms with van der Waals surface area (Å²) in [7, 11) is 0. The second kappa shape index (κ2) is 13.1. The van der Waals surface area contributed by atoms with Crippen molar-refractivity contribution < 1.29 is 0 Å². The molecule has 0 atom stereocenters. The zero-order valence-corrected chi connectivity index (χ0v) is 29.7. The van der Waals surface area contributed by atoms with Gasteiger partial charge in [0.2, 0.25) is 0 Å². The molecule has 1 aliphatic rings. The van der Waals surface area contributed by atoms with E-state index in [1.54, 1.807) is 0 Å². The van der Waals surface area contributed by atoms with Crippen molar-refractivity contribution in [3.8, 4) is 50.2 Å². The van der Waals surface area contributed by atoms with Gasteiger partial charge in [-0.1, -0.05) is 121 Å². The van der Waals surface area contributed by atoms with Crippen LogP contribution in [0.1, 0.15) is 11.1 Å². The third kappa shape index (κ3) is 5.53. The Morgan fingerprint density at radius 2 is 0.944 bits per heavy atom. The number of aromatic nitrogens is 1. The molecular weight excluding hydrogens is 655 g/mol. The third-order valence-electron chi connectivity index (χ3n) is 10.9. The van der Waals surface area contributed by atoms with Crippen LogP contribution < -0.4 is 4.90 Å². The Bertz CT molecular complexity index is 2820. The van der Waals surface area contributed by atoms with Gasteiger partial charge in [-0.25, -0.2) is 4.85 Å². The molecule has 0 unspecified atom stereocenters. The van der Waals surface area contributed by atoms with Gasteiger partial charge in [-0.3, -0.25) is 0 Å². The summed E-state index contributed by atoms with van der Waals surface area (Å²) < 4.78 is 2.36. The van der Waals surface area contributed by atoms with Gasteiger partial charge in [-0.2, -0.15) is 0 Å². The topological polar surface area (TPSA) is 12.5 Å². The first kappa shape index (κ1) is 31.6. The van der Waals surface area contributed by atoms with Crippen LogP contribution in [0.2, 0.25) is 0 Å². The number of rotatable bonds is 5. The van der Waals surface area contributed by atoms with Crippen LogP contribution in [-0.4, -0.2) is 4.57 Å². The van der Waals surface area contributed by atoms with Crippen LogP contribution in [0.4, 0.5) is 11.4 Å². The van der Waals surface area contributed by atoms with Crippen molar-refractivity contribution in [3.05, 3.63) is 211 Å². The average molecular weight is 690 g/mol. The molecule has 0 saturated carbocycles. The number of benzene rings is 8. The lowest BCUT2D eigenvalue weighted by Gasteiger charge is -2.24. The Hall–Kier alpha value is -7.15. The molecule has 8 aromatic carbocycles. The maximum absolute atomic E-state index is 7.68. The van der Waals surface area contributed by atoms with E-state index >= 15 is 0 Å². The molecule has 0 spiro atoms. The zero-order chi connectivity index (χ0) is 36.0. The van der Waals surface area contributed by atoms with Crippen molar-refractivity contribution in [3.63, 3.8) is 0 Å². The molecule has 0 saturated heterocycles. The molecule has 0 bridgehead atoms. The van der Waals surface area contributed by atoms with Crippen LogP contribution in [0.5, 0.6) is 0 Å². The van der Waals surface area contributed by atoms with E-state index in [0.717, 1.165) is 40.6 Å². The number of fused-ring (bicyclic) bond motifs is 6. The highest BCUT2D eigenvalue weighted by Gasteiger charge is 2.23. The van der Waals surface area contributed by atoms with Crippen LogP contribution in [0.3, 0.4) is 0 Å². The quantitative estimate of drug-likeness (QED) is 0.164. The third-order valence-corrected chi connectivity index (χ3v) is 10.9. The van der Waals surface area contributed by atoms with Gasteiger partial charge in [-0.15, -0.1) is 0 Å². The summed E-state index contributed by atoms with van der Waals surface area (Å²) in [6, 6.07) is 67.7. The van der Waals surface area contributed by atoms with Gasteiger partial charge < -0.3 is 9.47 Å². The van der Waals surface area contributed by atoms with E-state index in [2.05, 4.69) is 190 Å². The molecule has 3 heteroatoms. The van der Waals surface area contributed by atoms with Crippen molar-refractivity contribution in [1.82, 2.24) is 4.57 Å². The first-order valence-corrected chi connectivity index (χ1v) is 18.4. The summed E-state index contributed by atoms with van der Waals surface area (Å²) in [6.45, 7) is 9.28. The molecule has 1 aliphatic heterocycles. The molecule has 9 aromatic rings. The molecule has 254 valence electrons. The van der Waals surface area contributed by atoms with Crippen LogP contribution in [-0.2, 0) is 13.1 Å². The van der Waals surface area contributed by atoms with Crippen LogP contribution >= 0.6 is 0 Å². The summed E-state index contributed by atoms with van der Waals surface area (Å²) in [5.74, 6) is 0. The minimum Gasteiger partial charge on any atom is -0.363 e. The molecule has 3 nitrogen and oxygen atoms in total. The highest BCUT2D eigenvalue weighted by atomic mass is 15.1. The van der Waals surface area contributed by atoms with Gasteiger partial charge in [0.25, 0.3) is 0 Å². The number of anilines is 1. The molecule has 54 heavy (non-hydrogen) atoms. The fourth-order valence-electron chi connectivity index (χ4n) is 8.22. The number of nitrogens with zero attached hydrogens (tertiary/aromatic N) is 3. The van der Waals surface area contributed by atoms with Crippen molar-refractivity contribution in [2.45, 2.75) is 13.1 Å². The number of para-hydroxylation sites is 2. The fourth-order valence-corrected chi connectivity index (χ4v) is 8.22. The van der Waals surface area contributed by atoms with E-state index in [1.165, 1.54) is 61.3 Å². The summed E-state index contributed by atoms with van der Waals surface area (Å²) in [5.41, 5.74) is 17.5. The average Bonchev–Trinajstić information content (AvgIpc) is 3.48. The normalized spacial score (nSPS) is 12.2. The Morgan fingerprint density at radius 3 is 1.61 bits per heavy atom. The molecule has 0 amide bonds. The van der Waals surface area contributed by atoms with E-state index in [-0.39, 0.29) is 0 Å². The molecule has 0 fully saturated rings. The molecule has 1 aromatic heterocycles. The second-order valence-electron chi connectivity index (χ2n) is 14.1. The van der Waals surface area contributed by atoms with Crippen LogP contribution in [0.25, 0.3) is 76.8 Å². The highest BCUT2D eigenvalue weighted by molar-refractivity contribution is 6.10. The minimum atomic E-state index is 0.654. The molecule has 0 radical (unpaired) electrons. The number of hydrogen-bond acceptors (Lipinski definition) is 1. The van der Waals surface area contributed by atoms with Crippen LogP contribution in [0, 0.1) is 6.57 Å². The Kier molecular flexibility index (Phi) is 7.67. The van der Waals surface area contributed by atoms with Gasteiger partial charge >= 0.3 is 0 Å². The first-order chi connectivity index (χ1) is 26.7. The maximum Gasteiger partial charge on any atom is 0.188 e. The molecule has 10 rings (SSSR count). The smallest absolute Gasteiger partial charge is 0.188 e. The summed E-state index contributed by atoms with van der Waals surface area (Å²) in [6.07, 6.45) is 0. The number of hydrogen-bond donors (Lipinski definition) is 0. The van der Waals surface area contributed by atoms with Crippen molar-refractivity contribution in [2.24, 2.45) is 0 Å². The maximum atomic E-state index is 7.68. The monoisotopic (exact) mass is 689 g/mol. The zero-order valence-electron chi connectivity index (χ0n) is 29.7. The second-order valence-corrected chi connectivity index (χ2v) is 14.1. The van der Waals surface area contributed by atoms with Crippen molar-refractivity contribution in [2.75, 3.05) is 4.90 Å². The predicted molar refractivity (Wildman–Crippen MR) is 225 cm³/mol. The lowest BCUT2D eigenvalue weighted by atomic mass is 9.90. The van der Waals surface area contributed by atoms with Gasteiger partial charge in [-0.05, 0) is 128 Å². The predicted octanol–water partition coefficient (Wildman–Crippen LogP) is 13.5. The lowest BCUT2D eigenvalue weighted by Crippen LogP contribution is -2.20. The van der Waals surface area contributed by atoms with Gasteiger partial charge in [0, 0.05) is 29.9 Å². The van der Waals surface area contributed by atoms with Crippen LogP contribution in [0.15, 0.2) is 188 Å². The Balaban J connectivity index is 1.18. The fraction of sp³-hybridized carbons (Fsp3) is 0.0392. The minimum absolute atomic E-state index is 0.654. The van der Waals surface area contributed by atoms with E-state index in [4.69, 9.17) is 6.57 Å². The van der Waals surface area contributed by atoms with E-state index in [1.807, 2.05) is 12.1 Å². The standard InChI is InChI=1S/C51H35N3/c1-52-43-24-26-51-49(31-43)46-19-11-12-20-50(46)54(51)45-25-23-39-34-53(44-17-9-4-10-18-44)33-38-22-21-37(30-47(38)48(39)32-45)42-28-40(35-13-5-2-6-14-35)27-41(29-42)36-15-7-3-8-16-36/h2-32H,33-34H2. The van der Waals surface area contributed by atoms with E-state index < -0.39 is 0 Å². The summed E-state index contributed by atoms with van der Waals surface area (Å²) >= 11 is 0. The lowest BCUT2D eigenvalue weighted by molar-refractivity contribution is 0.812. The Labute approximate surface area is 315 Å².